The summed E-state index contributed by atoms with van der Waals surface area (Å²) < 4.78 is 16.9. The Morgan fingerprint density at radius 1 is 0.256 bits per heavy atom. The molecule has 0 spiro atoms. The maximum atomic E-state index is 12.9. The molecule has 470 valence electrons. The average molecular weight is 1140 g/mol. The summed E-state index contributed by atoms with van der Waals surface area (Å²) in [5.74, 6) is -0.883. The number of ether oxygens (including phenoxy) is 3. The van der Waals surface area contributed by atoms with Gasteiger partial charge in [-0.05, 0) is 89.9 Å². The maximum absolute atomic E-state index is 12.9. The molecule has 0 radical (unpaired) electrons. The van der Waals surface area contributed by atoms with E-state index in [2.05, 4.69) is 130 Å². The van der Waals surface area contributed by atoms with Crippen LogP contribution in [0.1, 0.15) is 335 Å². The van der Waals surface area contributed by atoms with Crippen LogP contribution in [0.4, 0.5) is 0 Å². The molecule has 1 unspecified atom stereocenters. The standard InChI is InChI=1S/C76H130O6/c1-4-7-10-13-16-18-20-22-24-26-28-30-32-33-34-35-36-37-38-39-40-41-42-43-44-46-47-49-51-53-55-57-60-63-66-69-75(78)81-72-73(71-80-74(77)68-65-62-59-15-12-9-6-3)82-76(79)70-67-64-61-58-56-54-52-50-48-45-31-29-27-25-23-21-19-17-14-11-8-5-2/h7,10,16,18,22,24,28,30,33-34,36-37,39-40,42-43,46-47,73H,4-6,8-9,11-15,17,19-21,23,25-27,29,31-32,35,38,41,44-45,48-72H2,1-3H3/b10-7-,18-16-,24-22-,30-28-,34-33-,37-36-,40-39-,43-42-,47-46-. The zero-order chi connectivity index (χ0) is 59.2. The van der Waals surface area contributed by atoms with Crippen LogP contribution in [-0.4, -0.2) is 37.2 Å². The molecular weight excluding hydrogens is 1010 g/mol. The monoisotopic (exact) mass is 1140 g/mol. The van der Waals surface area contributed by atoms with Crippen molar-refractivity contribution in [2.24, 2.45) is 0 Å². The smallest absolute Gasteiger partial charge is 0.306 e. The molecule has 1 atom stereocenters. The molecule has 0 saturated carbocycles. The van der Waals surface area contributed by atoms with Crippen LogP contribution in [0, 0.1) is 0 Å². The molecule has 0 bridgehead atoms. The van der Waals surface area contributed by atoms with Crippen molar-refractivity contribution >= 4 is 17.9 Å². The minimum atomic E-state index is -0.779. The SMILES string of the molecule is CC/C=C\C/C=C\C/C=C\C/C=C\C/C=C\C/C=C\C/C=C\C/C=C\C/C=C\CCCCCCCCCC(=O)OCC(COC(=O)CCCCCCCCC)OC(=O)CCCCCCCCCCCCCCCCCCCCCCCC. The summed E-state index contributed by atoms with van der Waals surface area (Å²) in [6, 6.07) is 0. The van der Waals surface area contributed by atoms with Crippen molar-refractivity contribution in [3.05, 3.63) is 109 Å². The highest BCUT2D eigenvalue weighted by atomic mass is 16.6. The highest BCUT2D eigenvalue weighted by Gasteiger charge is 2.19. The van der Waals surface area contributed by atoms with Gasteiger partial charge in [-0.15, -0.1) is 0 Å². The molecule has 0 saturated heterocycles. The fraction of sp³-hybridized carbons (Fsp3) is 0.724. The van der Waals surface area contributed by atoms with E-state index < -0.39 is 6.10 Å². The van der Waals surface area contributed by atoms with E-state index in [1.165, 1.54) is 173 Å². The van der Waals surface area contributed by atoms with Gasteiger partial charge >= 0.3 is 17.9 Å². The molecule has 82 heavy (non-hydrogen) atoms. The second kappa shape index (κ2) is 69.6. The van der Waals surface area contributed by atoms with Gasteiger partial charge in [0.25, 0.3) is 0 Å². The van der Waals surface area contributed by atoms with Crippen molar-refractivity contribution in [1.29, 1.82) is 0 Å². The molecule has 0 amide bonds. The molecule has 0 heterocycles. The molecule has 0 aliphatic heterocycles. The zero-order valence-electron chi connectivity index (χ0n) is 54.0. The quantitative estimate of drug-likeness (QED) is 0.0261. The second-order valence-corrected chi connectivity index (χ2v) is 23.1. The molecule has 6 nitrogen and oxygen atoms in total. The molecular formula is C76H130O6. The van der Waals surface area contributed by atoms with Crippen LogP contribution in [-0.2, 0) is 28.6 Å². The summed E-state index contributed by atoms with van der Waals surface area (Å²) in [4.78, 5) is 38.2. The first-order chi connectivity index (χ1) is 40.5. The number of esters is 3. The van der Waals surface area contributed by atoms with Gasteiger partial charge in [0, 0.05) is 19.3 Å². The fourth-order valence-corrected chi connectivity index (χ4v) is 9.85. The van der Waals surface area contributed by atoms with Gasteiger partial charge in [-0.3, -0.25) is 14.4 Å². The fourth-order valence-electron chi connectivity index (χ4n) is 9.85. The Labute approximate surface area is 508 Å². The van der Waals surface area contributed by atoms with Crippen molar-refractivity contribution in [3.63, 3.8) is 0 Å². The largest absolute Gasteiger partial charge is 0.462 e. The Balaban J connectivity index is 4.12. The van der Waals surface area contributed by atoms with Gasteiger partial charge in [0.1, 0.15) is 13.2 Å². The van der Waals surface area contributed by atoms with Crippen molar-refractivity contribution in [2.45, 2.75) is 341 Å². The topological polar surface area (TPSA) is 78.9 Å². The van der Waals surface area contributed by atoms with Crippen LogP contribution in [0.25, 0.3) is 0 Å². The van der Waals surface area contributed by atoms with Gasteiger partial charge < -0.3 is 14.2 Å². The van der Waals surface area contributed by atoms with Crippen LogP contribution < -0.4 is 0 Å². The van der Waals surface area contributed by atoms with E-state index in [4.69, 9.17) is 14.2 Å². The van der Waals surface area contributed by atoms with E-state index in [0.717, 1.165) is 122 Å². The number of hydrogen-bond acceptors (Lipinski definition) is 6. The molecule has 0 N–H and O–H groups in total. The van der Waals surface area contributed by atoms with Gasteiger partial charge in [-0.2, -0.15) is 0 Å². The van der Waals surface area contributed by atoms with E-state index in [0.29, 0.717) is 19.3 Å². The van der Waals surface area contributed by atoms with Gasteiger partial charge in [0.05, 0.1) is 0 Å². The lowest BCUT2D eigenvalue weighted by atomic mass is 10.0. The minimum absolute atomic E-state index is 0.0777. The van der Waals surface area contributed by atoms with Gasteiger partial charge in [-0.1, -0.05) is 336 Å². The Hall–Kier alpha value is -3.93. The first-order valence-corrected chi connectivity index (χ1v) is 34.9. The maximum Gasteiger partial charge on any atom is 0.306 e. The van der Waals surface area contributed by atoms with Crippen molar-refractivity contribution in [2.75, 3.05) is 13.2 Å². The number of rotatable bonds is 63. The molecule has 0 aliphatic carbocycles. The molecule has 0 rings (SSSR count). The Morgan fingerprint density at radius 3 is 0.744 bits per heavy atom. The van der Waals surface area contributed by atoms with E-state index in [-0.39, 0.29) is 31.1 Å². The minimum Gasteiger partial charge on any atom is -0.462 e. The Kier molecular flexibility index (Phi) is 66.2. The average Bonchev–Trinajstić information content (AvgIpc) is 3.48. The van der Waals surface area contributed by atoms with Crippen LogP contribution in [0.15, 0.2) is 109 Å². The van der Waals surface area contributed by atoms with Crippen LogP contribution in [0.2, 0.25) is 0 Å². The number of allylic oxidation sites excluding steroid dienone is 18. The number of carbonyl (C=O) groups excluding carboxylic acids is 3. The third-order valence-corrected chi connectivity index (χ3v) is 15.0. The summed E-state index contributed by atoms with van der Waals surface area (Å²) in [7, 11) is 0. The van der Waals surface area contributed by atoms with E-state index >= 15 is 0 Å². The van der Waals surface area contributed by atoms with E-state index in [9.17, 15) is 14.4 Å². The predicted molar refractivity (Wildman–Crippen MR) is 357 cm³/mol. The van der Waals surface area contributed by atoms with Crippen LogP contribution in [0.3, 0.4) is 0 Å². The summed E-state index contributed by atoms with van der Waals surface area (Å²) in [5, 5.41) is 0. The first-order valence-electron chi connectivity index (χ1n) is 34.9. The highest BCUT2D eigenvalue weighted by Crippen LogP contribution is 2.17. The van der Waals surface area contributed by atoms with E-state index in [1.54, 1.807) is 0 Å². The lowest BCUT2D eigenvalue weighted by Gasteiger charge is -2.18. The molecule has 0 aromatic rings. The van der Waals surface area contributed by atoms with Crippen molar-refractivity contribution in [1.82, 2.24) is 0 Å². The lowest BCUT2D eigenvalue weighted by molar-refractivity contribution is -0.167. The van der Waals surface area contributed by atoms with E-state index in [1.807, 2.05) is 0 Å². The third-order valence-electron chi connectivity index (χ3n) is 15.0. The zero-order valence-corrected chi connectivity index (χ0v) is 54.0. The number of hydrogen-bond donors (Lipinski definition) is 0. The number of carbonyl (C=O) groups is 3. The third kappa shape index (κ3) is 66.9. The van der Waals surface area contributed by atoms with Gasteiger partial charge in [0.2, 0.25) is 0 Å². The Morgan fingerprint density at radius 2 is 0.476 bits per heavy atom. The highest BCUT2D eigenvalue weighted by molar-refractivity contribution is 5.71. The molecule has 0 fully saturated rings. The Bertz CT molecular complexity index is 1640. The van der Waals surface area contributed by atoms with Crippen LogP contribution >= 0.6 is 0 Å². The predicted octanol–water partition coefficient (Wildman–Crippen LogP) is 24.2. The van der Waals surface area contributed by atoms with Crippen molar-refractivity contribution < 1.29 is 28.6 Å². The summed E-state index contributed by atoms with van der Waals surface area (Å²) in [6.45, 7) is 6.51. The molecule has 6 heteroatoms. The summed E-state index contributed by atoms with van der Waals surface area (Å²) >= 11 is 0. The molecule has 0 aromatic carbocycles. The molecule has 0 aliphatic rings. The lowest BCUT2D eigenvalue weighted by Crippen LogP contribution is -2.30. The summed E-state index contributed by atoms with van der Waals surface area (Å²) in [5.41, 5.74) is 0. The van der Waals surface area contributed by atoms with Crippen molar-refractivity contribution in [3.8, 4) is 0 Å². The second-order valence-electron chi connectivity index (χ2n) is 23.1. The first kappa shape index (κ1) is 78.1. The van der Waals surface area contributed by atoms with Gasteiger partial charge in [-0.25, -0.2) is 0 Å². The normalized spacial score (nSPS) is 12.8. The van der Waals surface area contributed by atoms with Gasteiger partial charge in [0.15, 0.2) is 6.10 Å². The number of unbranched alkanes of at least 4 members (excludes halogenated alkanes) is 34. The van der Waals surface area contributed by atoms with Crippen LogP contribution in [0.5, 0.6) is 0 Å². The summed E-state index contributed by atoms with van der Waals surface area (Å²) in [6.07, 6.45) is 95.7. The molecule has 0 aromatic heterocycles.